The van der Waals surface area contributed by atoms with E-state index in [4.69, 9.17) is 5.26 Å². The van der Waals surface area contributed by atoms with Gasteiger partial charge in [-0.2, -0.15) is 5.26 Å². The van der Waals surface area contributed by atoms with Crippen LogP contribution in [0, 0.1) is 31.1 Å². The quantitative estimate of drug-likeness (QED) is 0.674. The van der Waals surface area contributed by atoms with E-state index >= 15 is 0 Å². The molecule has 0 amide bonds. The summed E-state index contributed by atoms with van der Waals surface area (Å²) in [4.78, 5) is 0. The highest BCUT2D eigenvalue weighted by atomic mass is 14.3. The Labute approximate surface area is 80.0 Å². The summed E-state index contributed by atoms with van der Waals surface area (Å²) >= 11 is 0. The molecule has 0 fully saturated rings. The van der Waals surface area contributed by atoms with Crippen LogP contribution >= 0.6 is 0 Å². The van der Waals surface area contributed by atoms with E-state index in [1.807, 2.05) is 6.92 Å². The third-order valence-corrected chi connectivity index (χ3v) is 2.33. The molecule has 0 bridgehead atoms. The number of nitriles is 1. The molecule has 0 saturated carbocycles. The number of hydrogen-bond acceptors (Lipinski definition) is 1. The predicted molar refractivity (Wildman–Crippen MR) is 54.4 cm³/mol. The topological polar surface area (TPSA) is 23.8 Å². The van der Waals surface area contributed by atoms with Crippen LogP contribution in [-0.2, 0) is 6.42 Å². The molecule has 0 aliphatic carbocycles. The first-order valence-corrected chi connectivity index (χ1v) is 4.59. The minimum atomic E-state index is 0.113. The summed E-state index contributed by atoms with van der Waals surface area (Å²) in [5.41, 5.74) is 3.88. The molecule has 1 nitrogen and oxygen atoms in total. The normalized spacial score (nSPS) is 12.2. The first-order chi connectivity index (χ1) is 6.13. The van der Waals surface area contributed by atoms with Gasteiger partial charge in [-0.25, -0.2) is 0 Å². The monoisotopic (exact) mass is 173 g/mol. The van der Waals surface area contributed by atoms with Crippen molar-refractivity contribution in [1.82, 2.24) is 0 Å². The lowest BCUT2D eigenvalue weighted by Gasteiger charge is -2.05. The summed E-state index contributed by atoms with van der Waals surface area (Å²) in [6.07, 6.45) is 0.859. The van der Waals surface area contributed by atoms with Gasteiger partial charge in [0.05, 0.1) is 6.07 Å². The van der Waals surface area contributed by atoms with Crippen LogP contribution in [-0.4, -0.2) is 0 Å². The Morgan fingerprint density at radius 1 is 1.31 bits per heavy atom. The lowest BCUT2D eigenvalue weighted by molar-refractivity contribution is 0.738. The molecule has 1 aromatic carbocycles. The average Bonchev–Trinajstić information content (AvgIpc) is 2.11. The zero-order chi connectivity index (χ0) is 9.84. The SMILES string of the molecule is Cc1ccc(CC(C)C#N)cc1C. The van der Waals surface area contributed by atoms with Crippen molar-refractivity contribution >= 4 is 0 Å². The number of rotatable bonds is 2. The molecule has 0 spiro atoms. The van der Waals surface area contributed by atoms with Gasteiger partial charge in [0.2, 0.25) is 0 Å². The summed E-state index contributed by atoms with van der Waals surface area (Å²) in [5, 5.41) is 8.67. The molecular formula is C12H15N. The molecular weight excluding hydrogens is 158 g/mol. The number of nitrogens with zero attached hydrogens (tertiary/aromatic N) is 1. The summed E-state index contributed by atoms with van der Waals surface area (Å²) in [6.45, 7) is 6.16. The largest absolute Gasteiger partial charge is 0.198 e. The van der Waals surface area contributed by atoms with Crippen LogP contribution in [0.15, 0.2) is 18.2 Å². The fourth-order valence-electron chi connectivity index (χ4n) is 1.33. The van der Waals surface area contributed by atoms with E-state index in [1.54, 1.807) is 0 Å². The molecule has 0 aromatic heterocycles. The van der Waals surface area contributed by atoms with E-state index < -0.39 is 0 Å². The maximum Gasteiger partial charge on any atom is 0.0656 e. The predicted octanol–water partition coefficient (Wildman–Crippen LogP) is 3.01. The third kappa shape index (κ3) is 2.59. The molecule has 0 aliphatic heterocycles. The van der Waals surface area contributed by atoms with Gasteiger partial charge in [-0.3, -0.25) is 0 Å². The van der Waals surface area contributed by atoms with Crippen molar-refractivity contribution < 1.29 is 0 Å². The zero-order valence-electron chi connectivity index (χ0n) is 8.46. The summed E-state index contributed by atoms with van der Waals surface area (Å²) in [7, 11) is 0. The van der Waals surface area contributed by atoms with Crippen molar-refractivity contribution in [3.63, 3.8) is 0 Å². The fraction of sp³-hybridized carbons (Fsp3) is 0.417. The molecule has 1 rings (SSSR count). The van der Waals surface area contributed by atoms with Crippen molar-refractivity contribution in [3.05, 3.63) is 34.9 Å². The minimum Gasteiger partial charge on any atom is -0.198 e. The van der Waals surface area contributed by atoms with Gasteiger partial charge in [-0.15, -0.1) is 0 Å². The molecule has 1 aromatic rings. The maximum absolute atomic E-state index is 8.67. The Morgan fingerprint density at radius 3 is 2.54 bits per heavy atom. The fourth-order valence-corrected chi connectivity index (χ4v) is 1.33. The second kappa shape index (κ2) is 4.09. The van der Waals surface area contributed by atoms with Gasteiger partial charge < -0.3 is 0 Å². The number of hydrogen-bond donors (Lipinski definition) is 0. The van der Waals surface area contributed by atoms with Crippen LogP contribution in [0.4, 0.5) is 0 Å². The van der Waals surface area contributed by atoms with E-state index in [-0.39, 0.29) is 5.92 Å². The van der Waals surface area contributed by atoms with Crippen LogP contribution in [0.5, 0.6) is 0 Å². The van der Waals surface area contributed by atoms with Gasteiger partial charge >= 0.3 is 0 Å². The van der Waals surface area contributed by atoms with Gasteiger partial charge in [0, 0.05) is 5.92 Å². The van der Waals surface area contributed by atoms with Gasteiger partial charge in [-0.05, 0) is 43.9 Å². The summed E-state index contributed by atoms with van der Waals surface area (Å²) in [5.74, 6) is 0.113. The van der Waals surface area contributed by atoms with Crippen molar-refractivity contribution in [2.75, 3.05) is 0 Å². The van der Waals surface area contributed by atoms with Gasteiger partial charge in [0.15, 0.2) is 0 Å². The maximum atomic E-state index is 8.67. The average molecular weight is 173 g/mol. The highest BCUT2D eigenvalue weighted by Crippen LogP contribution is 2.13. The van der Waals surface area contributed by atoms with E-state index in [0.717, 1.165) is 6.42 Å². The number of benzene rings is 1. The summed E-state index contributed by atoms with van der Waals surface area (Å²) < 4.78 is 0. The van der Waals surface area contributed by atoms with E-state index in [9.17, 15) is 0 Å². The standard InChI is InChI=1S/C12H15N/c1-9(8-13)6-12-5-4-10(2)11(3)7-12/h4-5,7,9H,6H2,1-3H3. The lowest BCUT2D eigenvalue weighted by atomic mass is 9.99. The zero-order valence-corrected chi connectivity index (χ0v) is 8.46. The van der Waals surface area contributed by atoms with Crippen molar-refractivity contribution in [1.29, 1.82) is 5.26 Å². The van der Waals surface area contributed by atoms with Crippen LogP contribution in [0.2, 0.25) is 0 Å². The smallest absolute Gasteiger partial charge is 0.0656 e. The van der Waals surface area contributed by atoms with Crippen LogP contribution in [0.3, 0.4) is 0 Å². The molecule has 13 heavy (non-hydrogen) atoms. The highest BCUT2D eigenvalue weighted by molar-refractivity contribution is 5.30. The Balaban J connectivity index is 2.81. The highest BCUT2D eigenvalue weighted by Gasteiger charge is 2.02. The van der Waals surface area contributed by atoms with E-state index in [2.05, 4.69) is 38.1 Å². The molecule has 1 heteroatoms. The Hall–Kier alpha value is -1.29. The second-order valence-corrected chi connectivity index (χ2v) is 3.65. The molecule has 68 valence electrons. The van der Waals surface area contributed by atoms with Crippen LogP contribution in [0.1, 0.15) is 23.6 Å². The molecule has 0 heterocycles. The van der Waals surface area contributed by atoms with Gasteiger partial charge in [0.1, 0.15) is 0 Å². The Morgan fingerprint density at radius 2 is 2.00 bits per heavy atom. The number of aryl methyl sites for hydroxylation is 2. The second-order valence-electron chi connectivity index (χ2n) is 3.65. The molecule has 0 radical (unpaired) electrons. The van der Waals surface area contributed by atoms with Crippen LogP contribution in [0.25, 0.3) is 0 Å². The van der Waals surface area contributed by atoms with Crippen molar-refractivity contribution in [3.8, 4) is 6.07 Å². The van der Waals surface area contributed by atoms with E-state index in [0.29, 0.717) is 0 Å². The Kier molecular flexibility index (Phi) is 3.08. The summed E-state index contributed by atoms with van der Waals surface area (Å²) in [6, 6.07) is 8.64. The van der Waals surface area contributed by atoms with E-state index in [1.165, 1.54) is 16.7 Å². The lowest BCUT2D eigenvalue weighted by Crippen LogP contribution is -1.96. The molecule has 0 N–H and O–H groups in total. The third-order valence-electron chi connectivity index (χ3n) is 2.33. The molecule has 0 aliphatic rings. The Bertz CT molecular complexity index is 333. The minimum absolute atomic E-state index is 0.113. The van der Waals surface area contributed by atoms with Gasteiger partial charge in [0.25, 0.3) is 0 Å². The van der Waals surface area contributed by atoms with Crippen molar-refractivity contribution in [2.45, 2.75) is 27.2 Å². The van der Waals surface area contributed by atoms with Crippen molar-refractivity contribution in [2.24, 2.45) is 5.92 Å². The first kappa shape index (κ1) is 9.80. The van der Waals surface area contributed by atoms with Crippen LogP contribution < -0.4 is 0 Å². The van der Waals surface area contributed by atoms with Gasteiger partial charge in [-0.1, -0.05) is 18.2 Å². The molecule has 1 atom stereocenters. The molecule has 0 saturated heterocycles. The first-order valence-electron chi connectivity index (χ1n) is 4.59. The molecule has 1 unspecified atom stereocenters.